The summed E-state index contributed by atoms with van der Waals surface area (Å²) in [6.07, 6.45) is 0.684. The van der Waals surface area contributed by atoms with E-state index in [1.165, 1.54) is 23.5 Å². The first kappa shape index (κ1) is 15.2. The van der Waals surface area contributed by atoms with Crippen molar-refractivity contribution in [3.05, 3.63) is 24.0 Å². The molecular formula is C13H18FNO4S. The third kappa shape index (κ3) is 2.53. The molecule has 0 radical (unpaired) electrons. The number of hydrogen-bond acceptors (Lipinski definition) is 4. The molecule has 2 rings (SSSR count). The second kappa shape index (κ2) is 5.67. The van der Waals surface area contributed by atoms with Crippen molar-refractivity contribution in [2.45, 2.75) is 24.3 Å². The van der Waals surface area contributed by atoms with Gasteiger partial charge in [-0.3, -0.25) is 0 Å². The smallest absolute Gasteiger partial charge is 0.243 e. The Kier molecular flexibility index (Phi) is 4.31. The molecule has 0 aliphatic carbocycles. The van der Waals surface area contributed by atoms with Crippen molar-refractivity contribution < 1.29 is 22.7 Å². The zero-order valence-electron chi connectivity index (χ0n) is 11.4. The maximum absolute atomic E-state index is 13.7. The van der Waals surface area contributed by atoms with Crippen molar-refractivity contribution in [2.24, 2.45) is 5.92 Å². The minimum atomic E-state index is -3.80. The Balaban J connectivity index is 2.38. The molecule has 112 valence electrons. The van der Waals surface area contributed by atoms with E-state index in [-0.39, 0.29) is 23.2 Å². The summed E-state index contributed by atoms with van der Waals surface area (Å²) in [7, 11) is -2.49. The van der Waals surface area contributed by atoms with Crippen LogP contribution in [-0.2, 0) is 10.0 Å². The first-order chi connectivity index (χ1) is 9.41. The second-order valence-electron chi connectivity index (χ2n) is 4.93. The van der Waals surface area contributed by atoms with Crippen LogP contribution in [0.2, 0.25) is 0 Å². The van der Waals surface area contributed by atoms with E-state index in [1.807, 2.05) is 6.92 Å². The van der Waals surface area contributed by atoms with Gasteiger partial charge in [0.05, 0.1) is 24.7 Å². The fourth-order valence-corrected chi connectivity index (χ4v) is 4.23. The van der Waals surface area contributed by atoms with Gasteiger partial charge < -0.3 is 9.84 Å². The van der Waals surface area contributed by atoms with Gasteiger partial charge in [-0.25, -0.2) is 12.8 Å². The lowest BCUT2D eigenvalue weighted by molar-refractivity contribution is 0.191. The van der Waals surface area contributed by atoms with Crippen LogP contribution in [0.4, 0.5) is 4.39 Å². The van der Waals surface area contributed by atoms with Crippen LogP contribution in [0.1, 0.15) is 13.3 Å². The van der Waals surface area contributed by atoms with Gasteiger partial charge in [0.1, 0.15) is 0 Å². The highest BCUT2D eigenvalue weighted by Gasteiger charge is 2.39. The number of halogens is 1. The molecule has 1 aromatic rings. The SMILES string of the molecule is COc1ccc(S(=O)(=O)N2CCC(C)C2CO)cc1F. The van der Waals surface area contributed by atoms with Gasteiger partial charge in [0.2, 0.25) is 10.0 Å². The molecule has 1 fully saturated rings. The first-order valence-electron chi connectivity index (χ1n) is 6.38. The van der Waals surface area contributed by atoms with Crippen molar-refractivity contribution in [3.8, 4) is 5.75 Å². The van der Waals surface area contributed by atoms with E-state index in [4.69, 9.17) is 4.74 Å². The lowest BCUT2D eigenvalue weighted by atomic mass is 10.0. The summed E-state index contributed by atoms with van der Waals surface area (Å²) in [4.78, 5) is -0.122. The summed E-state index contributed by atoms with van der Waals surface area (Å²) in [6, 6.07) is 3.10. The Bertz CT molecular complexity index is 590. The van der Waals surface area contributed by atoms with Crippen molar-refractivity contribution in [1.29, 1.82) is 0 Å². The van der Waals surface area contributed by atoms with E-state index in [0.717, 1.165) is 6.07 Å². The van der Waals surface area contributed by atoms with Gasteiger partial charge in [-0.05, 0) is 30.5 Å². The second-order valence-corrected chi connectivity index (χ2v) is 6.82. The summed E-state index contributed by atoms with van der Waals surface area (Å²) in [6.45, 7) is 1.99. The van der Waals surface area contributed by atoms with Crippen LogP contribution in [-0.4, -0.2) is 44.1 Å². The van der Waals surface area contributed by atoms with Crippen LogP contribution >= 0.6 is 0 Å². The molecule has 5 nitrogen and oxygen atoms in total. The highest BCUT2D eigenvalue weighted by molar-refractivity contribution is 7.89. The van der Waals surface area contributed by atoms with Gasteiger partial charge in [0.15, 0.2) is 11.6 Å². The number of nitrogens with zero attached hydrogens (tertiary/aromatic N) is 1. The molecule has 1 heterocycles. The molecule has 0 amide bonds. The molecule has 0 bridgehead atoms. The Morgan fingerprint density at radius 1 is 1.50 bits per heavy atom. The zero-order chi connectivity index (χ0) is 14.9. The van der Waals surface area contributed by atoms with Crippen LogP contribution in [0.5, 0.6) is 5.75 Å². The van der Waals surface area contributed by atoms with Crippen molar-refractivity contribution >= 4 is 10.0 Å². The minimum Gasteiger partial charge on any atom is -0.494 e. The molecule has 1 aliphatic heterocycles. The Hall–Kier alpha value is -1.18. The average molecular weight is 303 g/mol. The largest absolute Gasteiger partial charge is 0.494 e. The van der Waals surface area contributed by atoms with Crippen LogP contribution in [0.15, 0.2) is 23.1 Å². The predicted octanol–water partition coefficient (Wildman–Crippen LogP) is 1.23. The average Bonchev–Trinajstić information content (AvgIpc) is 2.80. The summed E-state index contributed by atoms with van der Waals surface area (Å²) in [5.41, 5.74) is 0. The molecule has 2 unspecified atom stereocenters. The number of methoxy groups -OCH3 is 1. The third-order valence-electron chi connectivity index (χ3n) is 3.75. The Morgan fingerprint density at radius 3 is 2.75 bits per heavy atom. The highest BCUT2D eigenvalue weighted by Crippen LogP contribution is 2.31. The first-order valence-corrected chi connectivity index (χ1v) is 7.82. The van der Waals surface area contributed by atoms with Crippen LogP contribution in [0, 0.1) is 11.7 Å². The maximum atomic E-state index is 13.7. The molecule has 1 N–H and O–H groups in total. The lowest BCUT2D eigenvalue weighted by Crippen LogP contribution is -2.39. The zero-order valence-corrected chi connectivity index (χ0v) is 12.2. The quantitative estimate of drug-likeness (QED) is 0.908. The van der Waals surface area contributed by atoms with E-state index in [9.17, 15) is 17.9 Å². The number of benzene rings is 1. The molecule has 0 aromatic heterocycles. The summed E-state index contributed by atoms with van der Waals surface area (Å²) >= 11 is 0. The minimum absolute atomic E-state index is 0.00236. The number of hydrogen-bond donors (Lipinski definition) is 1. The third-order valence-corrected chi connectivity index (χ3v) is 5.67. The number of aliphatic hydroxyl groups excluding tert-OH is 1. The van der Waals surface area contributed by atoms with Gasteiger partial charge in [-0.15, -0.1) is 0 Å². The van der Waals surface area contributed by atoms with Gasteiger partial charge in [-0.1, -0.05) is 6.92 Å². The summed E-state index contributed by atoms with van der Waals surface area (Å²) < 4.78 is 44.7. The Morgan fingerprint density at radius 2 is 2.20 bits per heavy atom. The van der Waals surface area contributed by atoms with Gasteiger partial charge >= 0.3 is 0 Å². The monoisotopic (exact) mass is 303 g/mol. The number of aliphatic hydroxyl groups is 1. The molecule has 0 saturated carbocycles. The summed E-state index contributed by atoms with van der Waals surface area (Å²) in [5.74, 6) is -0.642. The van der Waals surface area contributed by atoms with E-state index in [1.54, 1.807) is 0 Å². The fraction of sp³-hybridized carbons (Fsp3) is 0.538. The predicted molar refractivity (Wildman–Crippen MR) is 71.5 cm³/mol. The van der Waals surface area contributed by atoms with E-state index in [2.05, 4.69) is 0 Å². The molecule has 1 saturated heterocycles. The number of ether oxygens (including phenoxy) is 1. The molecular weight excluding hydrogens is 285 g/mol. The van der Waals surface area contributed by atoms with Gasteiger partial charge in [-0.2, -0.15) is 4.31 Å². The molecule has 2 atom stereocenters. The molecule has 20 heavy (non-hydrogen) atoms. The van der Waals surface area contributed by atoms with Crippen LogP contribution < -0.4 is 4.74 Å². The fourth-order valence-electron chi connectivity index (χ4n) is 2.49. The molecule has 7 heteroatoms. The molecule has 1 aromatic carbocycles. The van der Waals surface area contributed by atoms with E-state index < -0.39 is 21.9 Å². The lowest BCUT2D eigenvalue weighted by Gasteiger charge is -2.24. The summed E-state index contributed by atoms with van der Waals surface area (Å²) in [5, 5.41) is 9.35. The topological polar surface area (TPSA) is 66.8 Å². The van der Waals surface area contributed by atoms with Crippen LogP contribution in [0.25, 0.3) is 0 Å². The maximum Gasteiger partial charge on any atom is 0.243 e. The highest BCUT2D eigenvalue weighted by atomic mass is 32.2. The normalized spacial score (nSPS) is 24.0. The van der Waals surface area contributed by atoms with Crippen molar-refractivity contribution in [2.75, 3.05) is 20.3 Å². The van der Waals surface area contributed by atoms with Crippen molar-refractivity contribution in [1.82, 2.24) is 4.31 Å². The molecule has 0 spiro atoms. The van der Waals surface area contributed by atoms with Gasteiger partial charge in [0, 0.05) is 6.54 Å². The number of rotatable bonds is 4. The standard InChI is InChI=1S/C13H18FNO4S/c1-9-5-6-15(12(9)8-16)20(17,18)10-3-4-13(19-2)11(14)7-10/h3-4,7,9,12,16H,5-6,8H2,1-2H3. The van der Waals surface area contributed by atoms with Crippen molar-refractivity contribution in [3.63, 3.8) is 0 Å². The van der Waals surface area contributed by atoms with E-state index in [0.29, 0.717) is 13.0 Å². The van der Waals surface area contributed by atoms with E-state index >= 15 is 0 Å². The van der Waals surface area contributed by atoms with Gasteiger partial charge in [0.25, 0.3) is 0 Å². The van der Waals surface area contributed by atoms with Crippen LogP contribution in [0.3, 0.4) is 0 Å². The Labute approximate surface area is 118 Å². The number of sulfonamides is 1. The molecule has 1 aliphatic rings.